The second-order valence-electron chi connectivity index (χ2n) is 12.1. The molecule has 0 radical (unpaired) electrons. The zero-order chi connectivity index (χ0) is 23.0. The van der Waals surface area contributed by atoms with Gasteiger partial charge in [-0.25, -0.2) is 0 Å². The zero-order valence-corrected chi connectivity index (χ0v) is 20.5. The van der Waals surface area contributed by atoms with E-state index in [1.165, 1.54) is 19.3 Å². The highest BCUT2D eigenvalue weighted by molar-refractivity contribution is 5.76. The highest BCUT2D eigenvalue weighted by Gasteiger charge is 2.50. The van der Waals surface area contributed by atoms with Gasteiger partial charge in [0.15, 0.2) is 0 Å². The van der Waals surface area contributed by atoms with Gasteiger partial charge < -0.3 is 14.6 Å². The van der Waals surface area contributed by atoms with Gasteiger partial charge in [-0.15, -0.1) is 0 Å². The third-order valence-electron chi connectivity index (χ3n) is 8.51. The Bertz CT molecular complexity index is 654. The number of esters is 2. The first kappa shape index (κ1) is 24.5. The van der Waals surface area contributed by atoms with E-state index in [4.69, 9.17) is 9.47 Å². The minimum Gasteiger partial charge on any atom is -0.462 e. The van der Waals surface area contributed by atoms with Crippen molar-refractivity contribution in [2.75, 3.05) is 0 Å². The molecule has 0 aromatic carbocycles. The van der Waals surface area contributed by atoms with Crippen LogP contribution in [0.25, 0.3) is 0 Å². The normalized spacial score (nSPS) is 38.2. The summed E-state index contributed by atoms with van der Waals surface area (Å²) in [4.78, 5) is 24.8. The monoisotopic (exact) mass is 436 g/mol. The van der Waals surface area contributed by atoms with Crippen molar-refractivity contribution in [3.63, 3.8) is 0 Å². The van der Waals surface area contributed by atoms with Crippen LogP contribution in [-0.2, 0) is 19.1 Å². The fourth-order valence-corrected chi connectivity index (χ4v) is 6.36. The summed E-state index contributed by atoms with van der Waals surface area (Å²) in [5.41, 5.74) is -0.282. The summed E-state index contributed by atoms with van der Waals surface area (Å²) in [5, 5.41) is 9.97. The number of aliphatic hydroxyl groups excluding tert-OH is 1. The van der Waals surface area contributed by atoms with E-state index >= 15 is 0 Å². The van der Waals surface area contributed by atoms with Crippen LogP contribution in [0, 0.1) is 34.5 Å². The summed E-state index contributed by atoms with van der Waals surface area (Å²) in [7, 11) is 0. The molecule has 1 aliphatic heterocycles. The van der Waals surface area contributed by atoms with E-state index in [-0.39, 0.29) is 36.0 Å². The molecule has 0 amide bonds. The van der Waals surface area contributed by atoms with E-state index < -0.39 is 11.5 Å². The van der Waals surface area contributed by atoms with E-state index in [0.29, 0.717) is 30.1 Å². The Morgan fingerprint density at radius 2 is 1.94 bits per heavy atom. The fourth-order valence-electron chi connectivity index (χ4n) is 6.36. The molecular weight excluding hydrogens is 392 g/mol. The third-order valence-corrected chi connectivity index (χ3v) is 8.51. The molecule has 3 rings (SSSR count). The standard InChI is InChI=1S/C26H44O5/c1-7-26(5,6)24(29)31-21-15-25(3,4)14-17-9-8-16(2)20(23(17)21)11-10-19-12-18(27)13-22(28)30-19/h16-21,23,27H,7-15H2,1-6H3/t16-,17-,18+,19+,20-,21-,23-/m0/s1. The molecule has 178 valence electrons. The molecule has 0 unspecified atom stereocenters. The van der Waals surface area contributed by atoms with Crippen molar-refractivity contribution >= 4 is 11.9 Å². The molecule has 3 aliphatic rings. The molecule has 5 nitrogen and oxygen atoms in total. The van der Waals surface area contributed by atoms with Gasteiger partial charge in [-0.1, -0.05) is 34.1 Å². The van der Waals surface area contributed by atoms with Gasteiger partial charge in [-0.3, -0.25) is 9.59 Å². The van der Waals surface area contributed by atoms with Gasteiger partial charge in [0.25, 0.3) is 0 Å². The van der Waals surface area contributed by atoms with E-state index in [9.17, 15) is 14.7 Å². The van der Waals surface area contributed by atoms with Crippen molar-refractivity contribution in [3.8, 4) is 0 Å². The lowest BCUT2D eigenvalue weighted by Crippen LogP contribution is -2.50. The summed E-state index contributed by atoms with van der Waals surface area (Å²) in [6.45, 7) is 12.9. The predicted molar refractivity (Wildman–Crippen MR) is 120 cm³/mol. The van der Waals surface area contributed by atoms with Gasteiger partial charge in [0, 0.05) is 12.3 Å². The smallest absolute Gasteiger partial charge is 0.311 e. The van der Waals surface area contributed by atoms with Crippen LogP contribution >= 0.6 is 0 Å². The van der Waals surface area contributed by atoms with Crippen LogP contribution in [0.4, 0.5) is 0 Å². The summed E-state index contributed by atoms with van der Waals surface area (Å²) in [6, 6.07) is 0. The van der Waals surface area contributed by atoms with E-state index in [1.54, 1.807) is 0 Å². The Balaban J connectivity index is 1.76. The van der Waals surface area contributed by atoms with Gasteiger partial charge in [0.05, 0.1) is 17.9 Å². The minimum absolute atomic E-state index is 0.0423. The van der Waals surface area contributed by atoms with Crippen LogP contribution < -0.4 is 0 Å². The van der Waals surface area contributed by atoms with Crippen molar-refractivity contribution in [2.24, 2.45) is 34.5 Å². The molecule has 1 saturated heterocycles. The lowest BCUT2D eigenvalue weighted by Gasteiger charge is -2.53. The second kappa shape index (κ2) is 9.41. The van der Waals surface area contributed by atoms with Gasteiger partial charge in [0.2, 0.25) is 0 Å². The minimum atomic E-state index is -0.580. The molecule has 1 N–H and O–H groups in total. The second-order valence-corrected chi connectivity index (χ2v) is 12.1. The first-order valence-corrected chi connectivity index (χ1v) is 12.5. The maximum Gasteiger partial charge on any atom is 0.311 e. The van der Waals surface area contributed by atoms with Crippen LogP contribution in [0.1, 0.15) is 99.3 Å². The highest BCUT2D eigenvalue weighted by atomic mass is 16.6. The Labute approximate surface area is 188 Å². The molecule has 1 heterocycles. The molecule has 3 fully saturated rings. The van der Waals surface area contributed by atoms with Gasteiger partial charge in [0.1, 0.15) is 12.2 Å². The zero-order valence-electron chi connectivity index (χ0n) is 20.5. The Kier molecular flexibility index (Phi) is 7.45. The SMILES string of the molecule is CCC(C)(C)C(=O)O[C@H]1CC(C)(C)C[C@@H]2CC[C@H](C)[C@H](CC[C@@H]3C[C@@H](O)CC(=O)O3)[C@H]21. The quantitative estimate of drug-likeness (QED) is 0.574. The summed E-state index contributed by atoms with van der Waals surface area (Å²) in [5.74, 6) is 1.61. The van der Waals surface area contributed by atoms with Crippen LogP contribution in [0.3, 0.4) is 0 Å². The van der Waals surface area contributed by atoms with E-state index in [0.717, 1.165) is 25.7 Å². The number of ether oxygens (including phenoxy) is 2. The summed E-state index contributed by atoms with van der Waals surface area (Å²) < 4.78 is 11.8. The molecule has 0 bridgehead atoms. The van der Waals surface area contributed by atoms with E-state index in [1.807, 2.05) is 20.8 Å². The number of rotatable bonds is 6. The van der Waals surface area contributed by atoms with Gasteiger partial charge in [-0.05, 0) is 75.5 Å². The molecule has 0 aromatic heterocycles. The van der Waals surface area contributed by atoms with Crippen LogP contribution in [0.5, 0.6) is 0 Å². The highest BCUT2D eigenvalue weighted by Crippen LogP contribution is 2.54. The van der Waals surface area contributed by atoms with Crippen LogP contribution in [0.15, 0.2) is 0 Å². The largest absolute Gasteiger partial charge is 0.462 e. The molecule has 2 aliphatic carbocycles. The first-order chi connectivity index (χ1) is 14.4. The lowest BCUT2D eigenvalue weighted by molar-refractivity contribution is -0.177. The van der Waals surface area contributed by atoms with Crippen molar-refractivity contribution in [1.29, 1.82) is 0 Å². The van der Waals surface area contributed by atoms with Gasteiger partial charge >= 0.3 is 11.9 Å². The summed E-state index contributed by atoms with van der Waals surface area (Å²) in [6.07, 6.45) is 6.85. The maximum atomic E-state index is 13.0. The maximum absolute atomic E-state index is 13.0. The molecule has 5 heteroatoms. The average molecular weight is 437 g/mol. The van der Waals surface area contributed by atoms with E-state index in [2.05, 4.69) is 20.8 Å². The molecule has 0 spiro atoms. The van der Waals surface area contributed by atoms with Crippen LogP contribution in [0.2, 0.25) is 0 Å². The number of cyclic esters (lactones) is 1. The summed E-state index contributed by atoms with van der Waals surface area (Å²) >= 11 is 0. The first-order valence-electron chi connectivity index (χ1n) is 12.5. The average Bonchev–Trinajstić information content (AvgIpc) is 2.66. The number of hydrogen-bond acceptors (Lipinski definition) is 5. The van der Waals surface area contributed by atoms with Crippen molar-refractivity contribution in [3.05, 3.63) is 0 Å². The molecule has 31 heavy (non-hydrogen) atoms. The van der Waals surface area contributed by atoms with Gasteiger partial charge in [-0.2, -0.15) is 0 Å². The van der Waals surface area contributed by atoms with Crippen molar-refractivity contribution in [2.45, 2.75) is 118 Å². The predicted octanol–water partition coefficient (Wildman–Crippen LogP) is 5.28. The van der Waals surface area contributed by atoms with Crippen molar-refractivity contribution in [1.82, 2.24) is 0 Å². The number of fused-ring (bicyclic) bond motifs is 1. The number of hydrogen-bond donors (Lipinski definition) is 1. The molecule has 2 saturated carbocycles. The van der Waals surface area contributed by atoms with Crippen molar-refractivity contribution < 1.29 is 24.2 Å². The Hall–Kier alpha value is -1.10. The Morgan fingerprint density at radius 1 is 1.23 bits per heavy atom. The van der Waals surface area contributed by atoms with Crippen LogP contribution in [-0.4, -0.2) is 35.4 Å². The molecule has 7 atom stereocenters. The fraction of sp³-hybridized carbons (Fsp3) is 0.923. The third kappa shape index (κ3) is 5.83. The number of aliphatic hydroxyl groups is 1. The number of carbonyl (C=O) groups excluding carboxylic acids is 2. The Morgan fingerprint density at radius 3 is 2.58 bits per heavy atom. The number of carbonyl (C=O) groups is 2. The molecule has 0 aromatic rings. The molecular formula is C26H44O5. The topological polar surface area (TPSA) is 72.8 Å². The lowest BCUT2D eigenvalue weighted by atomic mass is 9.55.